The Kier molecular flexibility index (Phi) is 3.04. The quantitative estimate of drug-likeness (QED) is 0.741. The molecule has 4 nitrogen and oxygen atoms in total. The number of hydrogen-bond acceptors (Lipinski definition) is 4. The van der Waals surface area contributed by atoms with Crippen molar-refractivity contribution < 1.29 is 0 Å². The third-order valence-electron chi connectivity index (χ3n) is 3.43. The van der Waals surface area contributed by atoms with E-state index in [0.717, 1.165) is 30.5 Å². The van der Waals surface area contributed by atoms with Gasteiger partial charge in [-0.15, -0.1) is 21.8 Å². The normalized spacial score (nSPS) is 24.4. The number of benzene rings is 1. The number of aromatic nitrogens is 3. The SMILES string of the molecule is CC1CN(c2nnc3ccccc3n2)CCC1Cl. The molecule has 0 radical (unpaired) electrons. The van der Waals surface area contributed by atoms with Gasteiger partial charge >= 0.3 is 0 Å². The molecule has 0 aliphatic carbocycles. The standard InChI is InChI=1S/C13H15ClN4/c1-9-8-18(7-6-10(9)14)13-15-11-4-2-3-5-12(11)16-17-13/h2-5,9-10H,6-8H2,1H3. The predicted octanol–water partition coefficient (Wildman–Crippen LogP) is 2.48. The summed E-state index contributed by atoms with van der Waals surface area (Å²) in [5.74, 6) is 1.17. The van der Waals surface area contributed by atoms with Gasteiger partial charge in [0, 0.05) is 18.5 Å². The fourth-order valence-corrected chi connectivity index (χ4v) is 2.48. The molecule has 2 atom stereocenters. The molecule has 0 saturated carbocycles. The van der Waals surface area contributed by atoms with Crippen LogP contribution >= 0.6 is 11.6 Å². The molecular weight excluding hydrogens is 248 g/mol. The molecule has 0 N–H and O–H groups in total. The summed E-state index contributed by atoms with van der Waals surface area (Å²) < 4.78 is 0. The molecule has 1 saturated heterocycles. The lowest BCUT2D eigenvalue weighted by molar-refractivity contribution is 0.449. The Hall–Kier alpha value is -1.42. The predicted molar refractivity (Wildman–Crippen MR) is 73.0 cm³/mol. The lowest BCUT2D eigenvalue weighted by atomic mass is 10.00. The van der Waals surface area contributed by atoms with Crippen LogP contribution in [0.2, 0.25) is 0 Å². The number of para-hydroxylation sites is 1. The summed E-state index contributed by atoms with van der Waals surface area (Å²) in [4.78, 5) is 6.74. The van der Waals surface area contributed by atoms with E-state index >= 15 is 0 Å². The molecule has 1 aliphatic heterocycles. The van der Waals surface area contributed by atoms with E-state index in [2.05, 4.69) is 27.0 Å². The number of fused-ring (bicyclic) bond motifs is 1. The summed E-state index contributed by atoms with van der Waals surface area (Å²) in [6.07, 6.45) is 0.971. The van der Waals surface area contributed by atoms with E-state index < -0.39 is 0 Å². The maximum absolute atomic E-state index is 6.23. The van der Waals surface area contributed by atoms with Crippen LogP contribution in [0.1, 0.15) is 13.3 Å². The Balaban J connectivity index is 1.90. The molecule has 2 unspecified atom stereocenters. The van der Waals surface area contributed by atoms with Crippen LogP contribution < -0.4 is 4.90 Å². The highest BCUT2D eigenvalue weighted by Crippen LogP contribution is 2.24. The topological polar surface area (TPSA) is 41.9 Å². The minimum absolute atomic E-state index is 0.259. The van der Waals surface area contributed by atoms with E-state index in [1.807, 2.05) is 24.3 Å². The second-order valence-electron chi connectivity index (χ2n) is 4.83. The molecule has 1 fully saturated rings. The van der Waals surface area contributed by atoms with Crippen molar-refractivity contribution >= 4 is 28.6 Å². The summed E-state index contributed by atoms with van der Waals surface area (Å²) in [5, 5.41) is 8.68. The van der Waals surface area contributed by atoms with E-state index in [9.17, 15) is 0 Å². The highest BCUT2D eigenvalue weighted by atomic mass is 35.5. The molecule has 0 spiro atoms. The summed E-state index contributed by atoms with van der Waals surface area (Å²) in [6, 6.07) is 7.80. The van der Waals surface area contributed by atoms with Crippen LogP contribution in [0.25, 0.3) is 11.0 Å². The van der Waals surface area contributed by atoms with Crippen LogP contribution in [-0.4, -0.2) is 33.6 Å². The molecule has 18 heavy (non-hydrogen) atoms. The van der Waals surface area contributed by atoms with Crippen LogP contribution in [0, 0.1) is 5.92 Å². The van der Waals surface area contributed by atoms with E-state index in [1.165, 1.54) is 0 Å². The van der Waals surface area contributed by atoms with Crippen molar-refractivity contribution in [1.29, 1.82) is 0 Å². The Morgan fingerprint density at radius 1 is 1.22 bits per heavy atom. The molecular formula is C13H15ClN4. The van der Waals surface area contributed by atoms with Gasteiger partial charge in [0.2, 0.25) is 5.95 Å². The monoisotopic (exact) mass is 262 g/mol. The molecule has 1 aromatic heterocycles. The summed E-state index contributed by atoms with van der Waals surface area (Å²) in [6.45, 7) is 3.96. The molecule has 0 amide bonds. The van der Waals surface area contributed by atoms with E-state index in [4.69, 9.17) is 11.6 Å². The minimum Gasteiger partial charge on any atom is -0.339 e. The van der Waals surface area contributed by atoms with Crippen molar-refractivity contribution in [2.24, 2.45) is 5.92 Å². The highest BCUT2D eigenvalue weighted by molar-refractivity contribution is 6.20. The number of anilines is 1. The number of nitrogens with zero attached hydrogens (tertiary/aromatic N) is 4. The lowest BCUT2D eigenvalue weighted by Crippen LogP contribution is -2.40. The fraction of sp³-hybridized carbons (Fsp3) is 0.462. The highest BCUT2D eigenvalue weighted by Gasteiger charge is 2.25. The summed E-state index contributed by atoms with van der Waals surface area (Å²) in [5.41, 5.74) is 1.73. The van der Waals surface area contributed by atoms with Crippen molar-refractivity contribution in [2.75, 3.05) is 18.0 Å². The molecule has 2 heterocycles. The first kappa shape index (κ1) is 11.7. The number of hydrogen-bond donors (Lipinski definition) is 0. The van der Waals surface area contributed by atoms with Gasteiger partial charge in [0.25, 0.3) is 0 Å². The molecule has 2 aromatic rings. The molecule has 94 valence electrons. The zero-order valence-electron chi connectivity index (χ0n) is 10.3. The Labute approximate surface area is 111 Å². The van der Waals surface area contributed by atoms with Gasteiger partial charge in [-0.3, -0.25) is 0 Å². The van der Waals surface area contributed by atoms with Crippen LogP contribution in [0.4, 0.5) is 5.95 Å². The van der Waals surface area contributed by atoms with Crippen molar-refractivity contribution in [3.05, 3.63) is 24.3 Å². The minimum atomic E-state index is 0.259. The molecule has 0 bridgehead atoms. The van der Waals surface area contributed by atoms with Crippen LogP contribution in [-0.2, 0) is 0 Å². The summed E-state index contributed by atoms with van der Waals surface area (Å²) >= 11 is 6.23. The largest absolute Gasteiger partial charge is 0.339 e. The number of piperidine rings is 1. The van der Waals surface area contributed by atoms with Gasteiger partial charge in [-0.1, -0.05) is 19.1 Å². The molecule has 1 aliphatic rings. The zero-order valence-corrected chi connectivity index (χ0v) is 11.0. The second-order valence-corrected chi connectivity index (χ2v) is 5.39. The van der Waals surface area contributed by atoms with Gasteiger partial charge in [0.15, 0.2) is 0 Å². The van der Waals surface area contributed by atoms with E-state index in [-0.39, 0.29) is 5.38 Å². The van der Waals surface area contributed by atoms with Crippen LogP contribution in [0.3, 0.4) is 0 Å². The van der Waals surface area contributed by atoms with Crippen molar-refractivity contribution in [3.63, 3.8) is 0 Å². The van der Waals surface area contributed by atoms with Crippen molar-refractivity contribution in [2.45, 2.75) is 18.7 Å². The van der Waals surface area contributed by atoms with Gasteiger partial charge in [-0.2, -0.15) is 0 Å². The van der Waals surface area contributed by atoms with Crippen molar-refractivity contribution in [1.82, 2.24) is 15.2 Å². The van der Waals surface area contributed by atoms with Gasteiger partial charge in [-0.05, 0) is 24.5 Å². The van der Waals surface area contributed by atoms with Gasteiger partial charge < -0.3 is 4.90 Å². The van der Waals surface area contributed by atoms with E-state index in [1.54, 1.807) is 0 Å². The maximum Gasteiger partial charge on any atom is 0.245 e. The number of halogens is 1. The number of rotatable bonds is 1. The van der Waals surface area contributed by atoms with Crippen molar-refractivity contribution in [3.8, 4) is 0 Å². The van der Waals surface area contributed by atoms with Gasteiger partial charge in [0.05, 0.1) is 5.52 Å². The third kappa shape index (κ3) is 2.12. The summed E-state index contributed by atoms with van der Waals surface area (Å²) in [7, 11) is 0. The smallest absolute Gasteiger partial charge is 0.245 e. The van der Waals surface area contributed by atoms with E-state index in [0.29, 0.717) is 11.9 Å². The first-order valence-corrected chi connectivity index (χ1v) is 6.66. The molecule has 1 aromatic carbocycles. The second kappa shape index (κ2) is 4.69. The average Bonchev–Trinajstić information content (AvgIpc) is 2.41. The maximum atomic E-state index is 6.23. The Morgan fingerprint density at radius 2 is 2.00 bits per heavy atom. The van der Waals surface area contributed by atoms with Crippen LogP contribution in [0.5, 0.6) is 0 Å². The third-order valence-corrected chi connectivity index (χ3v) is 4.08. The Bertz CT molecular complexity index is 559. The zero-order chi connectivity index (χ0) is 12.5. The lowest BCUT2D eigenvalue weighted by Gasteiger charge is -2.33. The molecule has 5 heteroatoms. The first-order valence-electron chi connectivity index (χ1n) is 6.22. The van der Waals surface area contributed by atoms with Gasteiger partial charge in [-0.25, -0.2) is 4.98 Å². The molecule has 3 rings (SSSR count). The Morgan fingerprint density at radius 3 is 2.78 bits per heavy atom. The number of alkyl halides is 1. The van der Waals surface area contributed by atoms with Gasteiger partial charge in [0.1, 0.15) is 5.52 Å². The first-order chi connectivity index (χ1) is 8.74. The average molecular weight is 263 g/mol. The fourth-order valence-electron chi connectivity index (χ4n) is 2.30. The van der Waals surface area contributed by atoms with Crippen LogP contribution in [0.15, 0.2) is 24.3 Å².